The standard InChI is InChI=1S/C23H23FN6O/c1-28(2)22-17-11-29(12-18(17)22)13-8-26-23-16(9-27-30(23)10-13)14-4-5-25-20-7-19(24)21(31-3)6-15(14)20/h4-10,17-18,22H,11-12H2,1-3H3/t17-,18?,22?/m1/s1. The predicted octanol–water partition coefficient (Wildman–Crippen LogP) is 3.09. The van der Waals surface area contributed by atoms with Crippen LogP contribution in [0.4, 0.5) is 10.1 Å². The molecule has 0 amide bonds. The molecule has 0 spiro atoms. The summed E-state index contributed by atoms with van der Waals surface area (Å²) >= 11 is 0. The average molecular weight is 418 g/mol. The Morgan fingerprint density at radius 2 is 1.90 bits per heavy atom. The molecule has 1 saturated heterocycles. The maximum absolute atomic E-state index is 14.1. The molecule has 3 atom stereocenters. The van der Waals surface area contributed by atoms with Crippen LogP contribution in [0, 0.1) is 17.7 Å². The second-order valence-corrected chi connectivity index (χ2v) is 8.69. The fourth-order valence-electron chi connectivity index (χ4n) is 5.23. The predicted molar refractivity (Wildman–Crippen MR) is 117 cm³/mol. The van der Waals surface area contributed by atoms with Gasteiger partial charge in [0.25, 0.3) is 0 Å². The van der Waals surface area contributed by atoms with E-state index in [1.54, 1.807) is 18.5 Å². The summed E-state index contributed by atoms with van der Waals surface area (Å²) in [6, 6.07) is 5.70. The molecule has 2 fully saturated rings. The highest BCUT2D eigenvalue weighted by Crippen LogP contribution is 2.49. The summed E-state index contributed by atoms with van der Waals surface area (Å²) in [5.41, 5.74) is 4.20. The molecular weight excluding hydrogens is 395 g/mol. The van der Waals surface area contributed by atoms with E-state index in [-0.39, 0.29) is 5.75 Å². The van der Waals surface area contributed by atoms with E-state index in [2.05, 4.69) is 34.0 Å². The highest BCUT2D eigenvalue weighted by molar-refractivity contribution is 5.98. The minimum atomic E-state index is -0.428. The number of rotatable bonds is 4. The van der Waals surface area contributed by atoms with E-state index in [4.69, 9.17) is 9.72 Å². The number of benzene rings is 1. The minimum Gasteiger partial charge on any atom is -0.494 e. The van der Waals surface area contributed by atoms with Crippen LogP contribution in [0.1, 0.15) is 0 Å². The second-order valence-electron chi connectivity index (χ2n) is 8.69. The van der Waals surface area contributed by atoms with Crippen molar-refractivity contribution in [1.82, 2.24) is 24.5 Å². The van der Waals surface area contributed by atoms with Crippen molar-refractivity contribution in [3.8, 4) is 16.9 Å². The smallest absolute Gasteiger partial charge is 0.167 e. The van der Waals surface area contributed by atoms with Crippen LogP contribution < -0.4 is 9.64 Å². The van der Waals surface area contributed by atoms with Crippen LogP contribution in [0.2, 0.25) is 0 Å². The van der Waals surface area contributed by atoms with Crippen molar-refractivity contribution >= 4 is 22.2 Å². The van der Waals surface area contributed by atoms with Crippen LogP contribution in [0.25, 0.3) is 27.7 Å². The number of pyridine rings is 1. The van der Waals surface area contributed by atoms with Gasteiger partial charge >= 0.3 is 0 Å². The molecule has 0 N–H and O–H groups in total. The third kappa shape index (κ3) is 2.78. The molecule has 0 radical (unpaired) electrons. The van der Waals surface area contributed by atoms with Gasteiger partial charge in [0.1, 0.15) is 0 Å². The average Bonchev–Trinajstić information content (AvgIpc) is 3.10. The van der Waals surface area contributed by atoms with E-state index in [9.17, 15) is 4.39 Å². The van der Waals surface area contributed by atoms with Gasteiger partial charge in [-0.2, -0.15) is 5.10 Å². The zero-order valence-electron chi connectivity index (χ0n) is 17.7. The maximum Gasteiger partial charge on any atom is 0.167 e. The third-order valence-corrected chi connectivity index (χ3v) is 6.76. The summed E-state index contributed by atoms with van der Waals surface area (Å²) in [6.07, 6.45) is 7.46. The van der Waals surface area contributed by atoms with Gasteiger partial charge in [-0.05, 0) is 43.6 Å². The Morgan fingerprint density at radius 3 is 2.65 bits per heavy atom. The summed E-state index contributed by atoms with van der Waals surface area (Å²) < 4.78 is 21.1. The Bertz CT molecular complexity index is 1310. The lowest BCUT2D eigenvalue weighted by atomic mass is 10.0. The number of hydrogen-bond acceptors (Lipinski definition) is 6. The zero-order valence-corrected chi connectivity index (χ0v) is 17.7. The molecule has 1 aromatic carbocycles. The maximum atomic E-state index is 14.1. The topological polar surface area (TPSA) is 58.8 Å². The molecule has 4 heterocycles. The molecule has 0 bridgehead atoms. The lowest BCUT2D eigenvalue weighted by molar-refractivity contribution is 0.357. The number of fused-ring (bicyclic) bond motifs is 3. The fourth-order valence-corrected chi connectivity index (χ4v) is 5.23. The van der Waals surface area contributed by atoms with Crippen LogP contribution in [-0.2, 0) is 0 Å². The lowest BCUT2D eigenvalue weighted by Crippen LogP contribution is -2.30. The number of methoxy groups -OCH3 is 1. The number of hydrogen-bond donors (Lipinski definition) is 0. The normalized spacial score (nSPS) is 22.5. The zero-order chi connectivity index (χ0) is 21.3. The molecule has 2 aliphatic rings. The largest absolute Gasteiger partial charge is 0.494 e. The van der Waals surface area contributed by atoms with Crippen molar-refractivity contribution in [2.24, 2.45) is 11.8 Å². The van der Waals surface area contributed by atoms with Gasteiger partial charge in [-0.15, -0.1) is 0 Å². The first kappa shape index (κ1) is 18.5. The highest BCUT2D eigenvalue weighted by Gasteiger charge is 2.56. The van der Waals surface area contributed by atoms with Gasteiger partial charge in [0.05, 0.1) is 36.9 Å². The molecule has 8 heteroatoms. The molecule has 7 nitrogen and oxygen atoms in total. The Labute approximate surface area is 179 Å². The number of nitrogens with zero attached hydrogens (tertiary/aromatic N) is 6. The van der Waals surface area contributed by atoms with Gasteiger partial charge in [0.2, 0.25) is 0 Å². The Hall–Kier alpha value is -3.26. The van der Waals surface area contributed by atoms with Crippen LogP contribution in [0.3, 0.4) is 0 Å². The Balaban J connectivity index is 1.37. The molecule has 1 saturated carbocycles. The van der Waals surface area contributed by atoms with Crippen molar-refractivity contribution < 1.29 is 9.13 Å². The van der Waals surface area contributed by atoms with Gasteiger partial charge in [0, 0.05) is 42.3 Å². The minimum absolute atomic E-state index is 0.192. The second kappa shape index (κ2) is 6.62. The number of aromatic nitrogens is 4. The van der Waals surface area contributed by atoms with E-state index in [0.29, 0.717) is 11.6 Å². The van der Waals surface area contributed by atoms with Crippen molar-refractivity contribution in [2.45, 2.75) is 6.04 Å². The van der Waals surface area contributed by atoms with Crippen LogP contribution in [-0.4, -0.2) is 64.8 Å². The molecule has 6 rings (SSSR count). The van der Waals surface area contributed by atoms with Gasteiger partial charge in [0.15, 0.2) is 17.2 Å². The Kier molecular flexibility index (Phi) is 3.95. The highest BCUT2D eigenvalue weighted by atomic mass is 19.1. The Morgan fingerprint density at radius 1 is 1.10 bits per heavy atom. The van der Waals surface area contributed by atoms with Gasteiger partial charge in [-0.3, -0.25) is 4.98 Å². The van der Waals surface area contributed by atoms with E-state index < -0.39 is 5.82 Å². The van der Waals surface area contributed by atoms with E-state index in [1.807, 2.05) is 23.0 Å². The molecule has 1 aliphatic heterocycles. The molecule has 158 valence electrons. The molecule has 3 aromatic heterocycles. The molecular formula is C23H23FN6O. The first-order valence-corrected chi connectivity index (χ1v) is 10.4. The number of halogens is 1. The van der Waals surface area contributed by atoms with E-state index >= 15 is 0 Å². The van der Waals surface area contributed by atoms with E-state index in [1.165, 1.54) is 13.2 Å². The van der Waals surface area contributed by atoms with Gasteiger partial charge in [-0.25, -0.2) is 13.9 Å². The lowest BCUT2D eigenvalue weighted by Gasteiger charge is -2.23. The monoisotopic (exact) mass is 418 g/mol. The number of ether oxygens (including phenoxy) is 1. The molecule has 2 unspecified atom stereocenters. The van der Waals surface area contributed by atoms with Crippen molar-refractivity contribution in [3.05, 3.63) is 48.8 Å². The third-order valence-electron chi connectivity index (χ3n) is 6.76. The molecule has 31 heavy (non-hydrogen) atoms. The number of anilines is 1. The first-order chi connectivity index (χ1) is 15.0. The fraction of sp³-hybridized carbons (Fsp3) is 0.348. The number of piperidine rings is 1. The van der Waals surface area contributed by atoms with Gasteiger partial charge in [-0.1, -0.05) is 0 Å². The van der Waals surface area contributed by atoms with Crippen LogP contribution in [0.5, 0.6) is 5.75 Å². The van der Waals surface area contributed by atoms with Crippen molar-refractivity contribution in [3.63, 3.8) is 0 Å². The van der Waals surface area contributed by atoms with Gasteiger partial charge < -0.3 is 14.5 Å². The SMILES string of the molecule is COc1cc2c(-c3cnn4cc(N5CC6C(N(C)C)[C@@H]6C5)cnc34)ccnc2cc1F. The first-order valence-electron chi connectivity index (χ1n) is 10.4. The summed E-state index contributed by atoms with van der Waals surface area (Å²) in [4.78, 5) is 13.8. The quantitative estimate of drug-likeness (QED) is 0.508. The summed E-state index contributed by atoms with van der Waals surface area (Å²) in [5, 5.41) is 5.36. The van der Waals surface area contributed by atoms with Crippen LogP contribution in [0.15, 0.2) is 43.0 Å². The van der Waals surface area contributed by atoms with Crippen molar-refractivity contribution in [2.75, 3.05) is 39.2 Å². The molecule has 1 aliphatic carbocycles. The van der Waals surface area contributed by atoms with Crippen LogP contribution >= 0.6 is 0 Å². The summed E-state index contributed by atoms with van der Waals surface area (Å²) in [5.74, 6) is 1.26. The molecule has 4 aromatic rings. The summed E-state index contributed by atoms with van der Waals surface area (Å²) in [7, 11) is 5.79. The summed E-state index contributed by atoms with van der Waals surface area (Å²) in [6.45, 7) is 2.13. The van der Waals surface area contributed by atoms with Crippen molar-refractivity contribution in [1.29, 1.82) is 0 Å². The van der Waals surface area contributed by atoms with E-state index in [0.717, 1.165) is 52.8 Å².